The van der Waals surface area contributed by atoms with Crippen molar-refractivity contribution in [3.05, 3.63) is 28.1 Å². The van der Waals surface area contributed by atoms with Crippen LogP contribution in [0.2, 0.25) is 0 Å². The molecule has 0 aliphatic heterocycles. The van der Waals surface area contributed by atoms with E-state index in [0.717, 1.165) is 28.1 Å². The number of hydrogen-bond donors (Lipinski definition) is 4. The number of nitrogens with one attached hydrogen (secondary N) is 2. The molecule has 1 heterocycles. The van der Waals surface area contributed by atoms with Crippen LogP contribution < -0.4 is 11.5 Å². The first-order valence-electron chi connectivity index (χ1n) is 5.72. The lowest BCUT2D eigenvalue weighted by Crippen LogP contribution is -2.09. The standard InChI is InChI=1S/C12H19N5S2/c1-6-9(4-18-11(13)14)7(2)17-8(3)10(6)5-19-12(15)16/h4-5H2,1-3H3,(H3,13,14)(H3,15,16). The molecular weight excluding hydrogens is 278 g/mol. The number of pyridine rings is 1. The minimum atomic E-state index is 0.110. The van der Waals surface area contributed by atoms with E-state index < -0.39 is 0 Å². The minimum Gasteiger partial charge on any atom is -0.379 e. The van der Waals surface area contributed by atoms with Gasteiger partial charge in [0.05, 0.1) is 0 Å². The van der Waals surface area contributed by atoms with Gasteiger partial charge in [0.15, 0.2) is 10.3 Å². The van der Waals surface area contributed by atoms with Crippen LogP contribution in [0.3, 0.4) is 0 Å². The smallest absolute Gasteiger partial charge is 0.151 e. The maximum atomic E-state index is 7.29. The highest BCUT2D eigenvalue weighted by atomic mass is 32.2. The monoisotopic (exact) mass is 297 g/mol. The molecule has 6 N–H and O–H groups in total. The van der Waals surface area contributed by atoms with E-state index >= 15 is 0 Å². The Labute approximate surface area is 122 Å². The molecule has 0 aliphatic carbocycles. The van der Waals surface area contributed by atoms with Crippen molar-refractivity contribution in [2.24, 2.45) is 11.5 Å². The summed E-state index contributed by atoms with van der Waals surface area (Å²) in [6, 6.07) is 0. The summed E-state index contributed by atoms with van der Waals surface area (Å²) in [6.45, 7) is 5.99. The predicted molar refractivity (Wildman–Crippen MR) is 84.9 cm³/mol. The predicted octanol–water partition coefficient (Wildman–Crippen LogP) is 2.26. The van der Waals surface area contributed by atoms with E-state index in [1.165, 1.54) is 23.5 Å². The van der Waals surface area contributed by atoms with Crippen molar-refractivity contribution in [3.8, 4) is 0 Å². The molecule has 0 atom stereocenters. The Kier molecular flexibility index (Phi) is 5.68. The highest BCUT2D eigenvalue weighted by molar-refractivity contribution is 8.13. The topological polar surface area (TPSA) is 113 Å². The Bertz CT molecular complexity index is 471. The molecule has 0 unspecified atom stereocenters. The van der Waals surface area contributed by atoms with Gasteiger partial charge in [0.25, 0.3) is 0 Å². The Morgan fingerprint density at radius 1 is 0.947 bits per heavy atom. The third-order valence-electron chi connectivity index (χ3n) is 2.86. The van der Waals surface area contributed by atoms with Gasteiger partial charge in [0.2, 0.25) is 0 Å². The zero-order valence-corrected chi connectivity index (χ0v) is 13.0. The van der Waals surface area contributed by atoms with E-state index in [-0.39, 0.29) is 10.3 Å². The molecule has 7 heteroatoms. The molecule has 1 aromatic rings. The molecule has 0 fully saturated rings. The number of aromatic nitrogens is 1. The molecule has 1 aromatic heterocycles. The Hall–Kier alpha value is -1.21. The number of aryl methyl sites for hydroxylation is 2. The van der Waals surface area contributed by atoms with Gasteiger partial charge in [-0.05, 0) is 37.5 Å². The van der Waals surface area contributed by atoms with Crippen LogP contribution in [0.15, 0.2) is 0 Å². The molecular formula is C12H19N5S2. The van der Waals surface area contributed by atoms with Crippen LogP contribution in [0.4, 0.5) is 0 Å². The first-order chi connectivity index (χ1) is 8.82. The molecule has 1 rings (SSSR count). The van der Waals surface area contributed by atoms with Crippen LogP contribution in [0.1, 0.15) is 28.1 Å². The minimum absolute atomic E-state index is 0.110. The third kappa shape index (κ3) is 4.43. The summed E-state index contributed by atoms with van der Waals surface area (Å²) in [5, 5.41) is 14.8. The fourth-order valence-corrected chi connectivity index (χ4v) is 3.29. The van der Waals surface area contributed by atoms with E-state index in [2.05, 4.69) is 4.98 Å². The van der Waals surface area contributed by atoms with Crippen molar-refractivity contribution in [1.29, 1.82) is 10.8 Å². The fraction of sp³-hybridized carbons (Fsp3) is 0.417. The van der Waals surface area contributed by atoms with Crippen LogP contribution in [0, 0.1) is 31.6 Å². The maximum Gasteiger partial charge on any atom is 0.151 e. The molecule has 0 saturated carbocycles. The molecule has 0 aromatic carbocycles. The van der Waals surface area contributed by atoms with Crippen molar-refractivity contribution in [3.63, 3.8) is 0 Å². The summed E-state index contributed by atoms with van der Waals surface area (Å²) in [4.78, 5) is 4.54. The van der Waals surface area contributed by atoms with Crippen molar-refractivity contribution < 1.29 is 0 Å². The van der Waals surface area contributed by atoms with Crippen LogP contribution in [0.5, 0.6) is 0 Å². The maximum absolute atomic E-state index is 7.29. The van der Waals surface area contributed by atoms with Crippen molar-refractivity contribution in [1.82, 2.24) is 4.98 Å². The second-order valence-electron chi connectivity index (χ2n) is 4.17. The first kappa shape index (κ1) is 15.8. The molecule has 104 valence electrons. The number of nitrogens with zero attached hydrogens (tertiary/aromatic N) is 1. The average Bonchev–Trinajstić information content (AvgIpc) is 2.27. The molecule has 0 spiro atoms. The van der Waals surface area contributed by atoms with Gasteiger partial charge in [-0.3, -0.25) is 15.8 Å². The van der Waals surface area contributed by atoms with Crippen molar-refractivity contribution in [2.75, 3.05) is 0 Å². The van der Waals surface area contributed by atoms with E-state index in [0.29, 0.717) is 11.5 Å². The van der Waals surface area contributed by atoms with Gasteiger partial charge in [-0.1, -0.05) is 23.5 Å². The summed E-state index contributed by atoms with van der Waals surface area (Å²) in [6.07, 6.45) is 0. The SMILES string of the molecule is Cc1nc(C)c(CSC(=N)N)c(C)c1CSC(=N)N. The van der Waals surface area contributed by atoms with Gasteiger partial charge in [-0.2, -0.15) is 0 Å². The lowest BCUT2D eigenvalue weighted by atomic mass is 10.0. The van der Waals surface area contributed by atoms with E-state index in [9.17, 15) is 0 Å². The Morgan fingerprint density at radius 2 is 1.32 bits per heavy atom. The van der Waals surface area contributed by atoms with Crippen LogP contribution in [-0.2, 0) is 11.5 Å². The van der Waals surface area contributed by atoms with Crippen molar-refractivity contribution in [2.45, 2.75) is 32.3 Å². The second-order valence-corrected chi connectivity index (χ2v) is 6.20. The fourth-order valence-electron chi connectivity index (χ4n) is 1.84. The second kappa shape index (κ2) is 6.81. The molecule has 0 radical (unpaired) electrons. The van der Waals surface area contributed by atoms with Crippen molar-refractivity contribution >= 4 is 33.9 Å². The Balaban J connectivity index is 3.07. The summed E-state index contributed by atoms with van der Waals surface area (Å²) in [7, 11) is 0. The van der Waals surface area contributed by atoms with Gasteiger partial charge in [0.1, 0.15) is 0 Å². The number of thioether (sulfide) groups is 2. The van der Waals surface area contributed by atoms with Gasteiger partial charge in [-0.25, -0.2) is 0 Å². The molecule has 5 nitrogen and oxygen atoms in total. The molecule has 0 aliphatic rings. The number of rotatable bonds is 4. The van der Waals surface area contributed by atoms with Gasteiger partial charge < -0.3 is 11.5 Å². The normalized spacial score (nSPS) is 10.5. The molecule has 0 bridgehead atoms. The highest BCUT2D eigenvalue weighted by Crippen LogP contribution is 2.26. The summed E-state index contributed by atoms with van der Waals surface area (Å²) in [5.41, 5.74) is 16.1. The quantitative estimate of drug-likeness (QED) is 0.503. The van der Waals surface area contributed by atoms with Gasteiger partial charge in [-0.15, -0.1) is 0 Å². The summed E-state index contributed by atoms with van der Waals surface area (Å²) >= 11 is 2.60. The number of nitrogens with two attached hydrogens (primary N) is 2. The third-order valence-corrected chi connectivity index (χ3v) is 4.35. The van der Waals surface area contributed by atoms with E-state index in [4.69, 9.17) is 22.3 Å². The first-order valence-corrected chi connectivity index (χ1v) is 7.69. The Morgan fingerprint density at radius 3 is 1.63 bits per heavy atom. The number of amidine groups is 2. The van der Waals surface area contributed by atoms with E-state index in [1.54, 1.807) is 0 Å². The van der Waals surface area contributed by atoms with E-state index in [1.807, 2.05) is 20.8 Å². The lowest BCUT2D eigenvalue weighted by Gasteiger charge is -2.15. The highest BCUT2D eigenvalue weighted by Gasteiger charge is 2.13. The zero-order valence-electron chi connectivity index (χ0n) is 11.3. The molecule has 19 heavy (non-hydrogen) atoms. The van der Waals surface area contributed by atoms with Gasteiger partial charge in [0, 0.05) is 22.9 Å². The molecule has 0 amide bonds. The molecule has 0 saturated heterocycles. The summed E-state index contributed by atoms with van der Waals surface area (Å²) in [5.74, 6) is 1.30. The summed E-state index contributed by atoms with van der Waals surface area (Å²) < 4.78 is 0. The van der Waals surface area contributed by atoms with Crippen LogP contribution in [0.25, 0.3) is 0 Å². The van der Waals surface area contributed by atoms with Crippen LogP contribution in [-0.4, -0.2) is 15.3 Å². The number of hydrogen-bond acceptors (Lipinski definition) is 5. The van der Waals surface area contributed by atoms with Crippen LogP contribution >= 0.6 is 23.5 Å². The van der Waals surface area contributed by atoms with Gasteiger partial charge >= 0.3 is 0 Å². The largest absolute Gasteiger partial charge is 0.379 e. The average molecular weight is 297 g/mol. The zero-order chi connectivity index (χ0) is 14.6. The lowest BCUT2D eigenvalue weighted by molar-refractivity contribution is 1.02.